The van der Waals surface area contributed by atoms with Gasteiger partial charge in [0.2, 0.25) is 5.91 Å². The maximum atomic E-state index is 12.4. The third-order valence-electron chi connectivity index (χ3n) is 3.63. The molecule has 0 aliphatic rings. The number of phenolic OH excluding ortho intramolecular Hbond substituents is 1. The number of aromatic nitrogens is 1. The van der Waals surface area contributed by atoms with Gasteiger partial charge in [-0.25, -0.2) is 0 Å². The molecule has 1 amide bonds. The summed E-state index contributed by atoms with van der Waals surface area (Å²) in [4.78, 5) is 12.4. The van der Waals surface area contributed by atoms with Crippen LogP contribution in [-0.2, 0) is 11.2 Å². The Hall–Kier alpha value is -2.23. The molecule has 1 aromatic carbocycles. The number of benzene rings is 1. The van der Waals surface area contributed by atoms with Crippen LogP contribution in [0.5, 0.6) is 5.75 Å². The van der Waals surface area contributed by atoms with Gasteiger partial charge in [0.1, 0.15) is 11.8 Å². The Labute approximate surface area is 131 Å². The lowest BCUT2D eigenvalue weighted by atomic mass is 10.0. The van der Waals surface area contributed by atoms with Crippen LogP contribution in [0.2, 0.25) is 0 Å². The van der Waals surface area contributed by atoms with Crippen LogP contribution in [0.1, 0.15) is 31.9 Å². The molecule has 22 heavy (non-hydrogen) atoms. The van der Waals surface area contributed by atoms with Gasteiger partial charge in [-0.15, -0.1) is 0 Å². The molecule has 2 N–H and O–H groups in total. The van der Waals surface area contributed by atoms with Gasteiger partial charge in [0.05, 0.1) is 0 Å². The molecule has 2 rings (SSSR count). The summed E-state index contributed by atoms with van der Waals surface area (Å²) in [6.45, 7) is 4.85. The molecule has 1 atom stereocenters. The summed E-state index contributed by atoms with van der Waals surface area (Å²) in [5, 5.41) is 12.3. The van der Waals surface area contributed by atoms with Crippen LogP contribution in [-0.4, -0.2) is 22.1 Å². The third-order valence-corrected chi connectivity index (χ3v) is 3.63. The van der Waals surface area contributed by atoms with E-state index >= 15 is 0 Å². The summed E-state index contributed by atoms with van der Waals surface area (Å²) < 4.78 is 1.97. The van der Waals surface area contributed by atoms with Crippen LogP contribution >= 0.6 is 0 Å². The molecule has 0 saturated carbocycles. The fraction of sp³-hybridized carbons (Fsp3) is 0.389. The van der Waals surface area contributed by atoms with Crippen LogP contribution in [0.3, 0.4) is 0 Å². The molecule has 118 valence electrons. The van der Waals surface area contributed by atoms with Crippen LogP contribution < -0.4 is 5.32 Å². The lowest BCUT2D eigenvalue weighted by molar-refractivity contribution is -0.124. The van der Waals surface area contributed by atoms with Crippen molar-refractivity contribution in [3.8, 4) is 5.75 Å². The zero-order valence-corrected chi connectivity index (χ0v) is 13.2. The summed E-state index contributed by atoms with van der Waals surface area (Å²) in [5.41, 5.74) is 1.10. The van der Waals surface area contributed by atoms with E-state index in [4.69, 9.17) is 0 Å². The number of carbonyl (C=O) groups is 1. The van der Waals surface area contributed by atoms with Crippen molar-refractivity contribution in [3.05, 3.63) is 54.4 Å². The first-order valence-electron chi connectivity index (χ1n) is 7.74. The van der Waals surface area contributed by atoms with Crippen LogP contribution in [0.15, 0.2) is 48.8 Å². The Morgan fingerprint density at radius 2 is 1.82 bits per heavy atom. The first-order chi connectivity index (χ1) is 10.6. The molecular weight excluding hydrogens is 276 g/mol. The lowest BCUT2D eigenvalue weighted by Gasteiger charge is -2.20. The van der Waals surface area contributed by atoms with Crippen LogP contribution in [0.25, 0.3) is 0 Å². The molecule has 2 aromatic rings. The van der Waals surface area contributed by atoms with E-state index in [-0.39, 0.29) is 17.7 Å². The number of aromatic hydroxyl groups is 1. The zero-order chi connectivity index (χ0) is 15.9. The second-order valence-electron chi connectivity index (χ2n) is 5.98. The Balaban J connectivity index is 1.89. The summed E-state index contributed by atoms with van der Waals surface area (Å²) in [5.74, 6) is 0.774. The van der Waals surface area contributed by atoms with E-state index in [0.29, 0.717) is 12.5 Å². The van der Waals surface area contributed by atoms with E-state index < -0.39 is 0 Å². The summed E-state index contributed by atoms with van der Waals surface area (Å²) >= 11 is 0. The average molecular weight is 300 g/mol. The molecule has 0 radical (unpaired) electrons. The second kappa shape index (κ2) is 7.69. The predicted octanol–water partition coefficient (Wildman–Crippen LogP) is 3.14. The highest BCUT2D eigenvalue weighted by Gasteiger charge is 2.20. The van der Waals surface area contributed by atoms with Gasteiger partial charge in [-0.3, -0.25) is 4.79 Å². The Morgan fingerprint density at radius 1 is 1.18 bits per heavy atom. The van der Waals surface area contributed by atoms with Crippen molar-refractivity contribution >= 4 is 5.91 Å². The fourth-order valence-corrected chi connectivity index (χ4v) is 2.48. The summed E-state index contributed by atoms with van der Waals surface area (Å²) in [6.07, 6.45) is 5.45. The van der Waals surface area contributed by atoms with E-state index in [1.807, 2.05) is 41.2 Å². The van der Waals surface area contributed by atoms with Crippen molar-refractivity contribution in [2.45, 2.75) is 32.7 Å². The molecule has 0 bridgehead atoms. The molecule has 0 fully saturated rings. The van der Waals surface area contributed by atoms with Crippen molar-refractivity contribution in [1.29, 1.82) is 0 Å². The first-order valence-corrected chi connectivity index (χ1v) is 7.74. The molecule has 0 aliphatic carbocycles. The number of nitrogens with one attached hydrogen (secondary N) is 1. The van der Waals surface area contributed by atoms with E-state index in [9.17, 15) is 9.90 Å². The van der Waals surface area contributed by atoms with Gasteiger partial charge < -0.3 is 15.0 Å². The minimum atomic E-state index is -0.158. The summed E-state index contributed by atoms with van der Waals surface area (Å²) in [6, 6.07) is 10.8. The SMILES string of the molecule is CC(C)CC(C(=O)NCCc1ccc(O)cc1)n1cccc1. The van der Waals surface area contributed by atoms with Crippen LogP contribution in [0.4, 0.5) is 0 Å². The van der Waals surface area contributed by atoms with E-state index in [1.165, 1.54) is 0 Å². The Kier molecular flexibility index (Phi) is 5.64. The van der Waals surface area contributed by atoms with Gasteiger partial charge >= 0.3 is 0 Å². The molecule has 1 heterocycles. The molecule has 1 aromatic heterocycles. The molecule has 0 spiro atoms. The second-order valence-corrected chi connectivity index (χ2v) is 5.98. The molecule has 0 aliphatic heterocycles. The number of hydrogen-bond acceptors (Lipinski definition) is 2. The van der Waals surface area contributed by atoms with E-state index in [2.05, 4.69) is 19.2 Å². The average Bonchev–Trinajstić information content (AvgIpc) is 3.00. The Bertz CT molecular complexity index is 574. The van der Waals surface area contributed by atoms with E-state index in [1.54, 1.807) is 12.1 Å². The van der Waals surface area contributed by atoms with Gasteiger partial charge in [-0.1, -0.05) is 26.0 Å². The standard InChI is InChI=1S/C18H24N2O2/c1-14(2)13-17(20-11-3-4-12-20)18(22)19-10-9-15-5-7-16(21)8-6-15/h3-8,11-12,14,17,21H,9-10,13H2,1-2H3,(H,19,22). The molecular formula is C18H24N2O2. The zero-order valence-electron chi connectivity index (χ0n) is 13.2. The van der Waals surface area contributed by atoms with Gasteiger partial charge in [0.25, 0.3) is 0 Å². The van der Waals surface area contributed by atoms with Gasteiger partial charge in [0, 0.05) is 18.9 Å². The van der Waals surface area contributed by atoms with Crippen molar-refractivity contribution in [2.75, 3.05) is 6.54 Å². The number of phenols is 1. The van der Waals surface area contributed by atoms with Crippen molar-refractivity contribution in [1.82, 2.24) is 9.88 Å². The number of rotatable bonds is 7. The topological polar surface area (TPSA) is 54.3 Å². The number of amides is 1. The van der Waals surface area contributed by atoms with Gasteiger partial charge in [0.15, 0.2) is 0 Å². The number of carbonyl (C=O) groups excluding carboxylic acids is 1. The summed E-state index contributed by atoms with van der Waals surface area (Å²) in [7, 11) is 0. The molecule has 4 nitrogen and oxygen atoms in total. The van der Waals surface area contributed by atoms with Gasteiger partial charge in [-0.05, 0) is 48.6 Å². The van der Waals surface area contributed by atoms with Gasteiger partial charge in [-0.2, -0.15) is 0 Å². The Morgan fingerprint density at radius 3 is 2.41 bits per heavy atom. The highest BCUT2D eigenvalue weighted by molar-refractivity contribution is 5.80. The number of hydrogen-bond donors (Lipinski definition) is 2. The quantitative estimate of drug-likeness (QED) is 0.825. The minimum Gasteiger partial charge on any atom is -0.508 e. The van der Waals surface area contributed by atoms with Crippen LogP contribution in [0, 0.1) is 5.92 Å². The lowest BCUT2D eigenvalue weighted by Crippen LogP contribution is -2.34. The van der Waals surface area contributed by atoms with Crippen molar-refractivity contribution in [2.24, 2.45) is 5.92 Å². The number of nitrogens with zero attached hydrogens (tertiary/aromatic N) is 1. The third kappa shape index (κ3) is 4.65. The monoisotopic (exact) mass is 300 g/mol. The normalized spacial score (nSPS) is 12.3. The van der Waals surface area contributed by atoms with Crippen molar-refractivity contribution < 1.29 is 9.90 Å². The predicted molar refractivity (Wildman–Crippen MR) is 87.7 cm³/mol. The minimum absolute atomic E-state index is 0.0590. The maximum absolute atomic E-state index is 12.4. The highest BCUT2D eigenvalue weighted by Crippen LogP contribution is 2.18. The molecule has 4 heteroatoms. The largest absolute Gasteiger partial charge is 0.508 e. The molecule has 1 unspecified atom stereocenters. The van der Waals surface area contributed by atoms with Crippen molar-refractivity contribution in [3.63, 3.8) is 0 Å². The molecule has 0 saturated heterocycles. The fourth-order valence-electron chi connectivity index (χ4n) is 2.48. The first kappa shape index (κ1) is 16.1. The smallest absolute Gasteiger partial charge is 0.243 e. The maximum Gasteiger partial charge on any atom is 0.243 e. The highest BCUT2D eigenvalue weighted by atomic mass is 16.3. The van der Waals surface area contributed by atoms with E-state index in [0.717, 1.165) is 18.4 Å².